The lowest BCUT2D eigenvalue weighted by atomic mass is 10.1. The Morgan fingerprint density at radius 2 is 1.86 bits per heavy atom. The van der Waals surface area contributed by atoms with Crippen molar-refractivity contribution < 1.29 is 22.3 Å². The summed E-state index contributed by atoms with van der Waals surface area (Å²) in [5.74, 6) is -1.08. The number of hydrogen-bond donors (Lipinski definition) is 0. The van der Waals surface area contributed by atoms with Crippen molar-refractivity contribution in [2.24, 2.45) is 0 Å². The minimum absolute atomic E-state index is 0.0260. The summed E-state index contributed by atoms with van der Waals surface area (Å²) in [5, 5.41) is 1.97. The molecular formula is C20H12F3NO3S. The van der Waals surface area contributed by atoms with Gasteiger partial charge in [-0.15, -0.1) is 11.3 Å². The lowest BCUT2D eigenvalue weighted by Gasteiger charge is -2.11. The summed E-state index contributed by atoms with van der Waals surface area (Å²) in [4.78, 5) is 17.2. The fraction of sp³-hybridized carbons (Fsp3) is 0.100. The van der Waals surface area contributed by atoms with Crippen molar-refractivity contribution in [3.8, 4) is 27.6 Å². The first-order chi connectivity index (χ1) is 13.4. The average Bonchev–Trinajstić information content (AvgIpc) is 3.17. The summed E-state index contributed by atoms with van der Waals surface area (Å²) in [7, 11) is 1.37. The maximum atomic E-state index is 13.7. The van der Waals surface area contributed by atoms with E-state index >= 15 is 0 Å². The molecule has 0 unspecified atom stereocenters. The number of methoxy groups -OCH3 is 1. The lowest BCUT2D eigenvalue weighted by Crippen LogP contribution is -2.16. The molecular weight excluding hydrogens is 391 g/mol. The highest BCUT2D eigenvalue weighted by molar-refractivity contribution is 7.13. The largest absolute Gasteiger partial charge is 0.497 e. The third-order valence-electron chi connectivity index (χ3n) is 4.14. The second-order valence-electron chi connectivity index (χ2n) is 5.90. The molecule has 0 fully saturated rings. The van der Waals surface area contributed by atoms with E-state index in [1.54, 1.807) is 24.3 Å². The molecule has 0 amide bonds. The van der Waals surface area contributed by atoms with Crippen LogP contribution in [0.3, 0.4) is 0 Å². The first-order valence-electron chi connectivity index (χ1n) is 8.12. The molecule has 0 radical (unpaired) electrons. The van der Waals surface area contributed by atoms with Crippen LogP contribution in [0, 0.1) is 0 Å². The van der Waals surface area contributed by atoms with E-state index < -0.39 is 22.9 Å². The van der Waals surface area contributed by atoms with Crippen molar-refractivity contribution in [1.82, 2.24) is 4.98 Å². The molecule has 0 aliphatic heterocycles. The van der Waals surface area contributed by atoms with Gasteiger partial charge in [0, 0.05) is 17.0 Å². The predicted molar refractivity (Wildman–Crippen MR) is 101 cm³/mol. The molecule has 0 spiro atoms. The smallest absolute Gasteiger partial charge is 0.450 e. The zero-order valence-corrected chi connectivity index (χ0v) is 15.2. The van der Waals surface area contributed by atoms with E-state index in [1.165, 1.54) is 30.7 Å². The topological polar surface area (TPSA) is 52.3 Å². The van der Waals surface area contributed by atoms with Crippen LogP contribution in [0.2, 0.25) is 0 Å². The molecule has 2 aromatic carbocycles. The molecule has 28 heavy (non-hydrogen) atoms. The zero-order chi connectivity index (χ0) is 19.9. The molecule has 0 aliphatic carbocycles. The van der Waals surface area contributed by atoms with Gasteiger partial charge in [0.2, 0.25) is 11.2 Å². The van der Waals surface area contributed by atoms with Crippen molar-refractivity contribution in [2.45, 2.75) is 6.18 Å². The van der Waals surface area contributed by atoms with E-state index in [9.17, 15) is 18.0 Å². The molecule has 4 rings (SSSR count). The molecule has 4 nitrogen and oxygen atoms in total. The molecule has 2 heterocycles. The Morgan fingerprint density at radius 3 is 2.54 bits per heavy atom. The SMILES string of the molecule is COc1ccc2c(=O)c(-c3csc(-c4ccccc4)n3)c(C(F)(F)F)oc2c1. The standard InChI is InChI=1S/C20H12F3NO3S/c1-26-12-7-8-13-15(9-12)27-18(20(21,22)23)16(17(13)25)14-10-28-19(24-14)11-5-3-2-4-6-11/h2-10H,1H3. The Kier molecular flexibility index (Phi) is 4.43. The number of fused-ring (bicyclic) bond motifs is 1. The first kappa shape index (κ1) is 18.2. The molecule has 8 heteroatoms. The van der Waals surface area contributed by atoms with Gasteiger partial charge in [0.25, 0.3) is 0 Å². The Morgan fingerprint density at radius 1 is 1.11 bits per heavy atom. The van der Waals surface area contributed by atoms with E-state index in [1.807, 2.05) is 6.07 Å². The van der Waals surface area contributed by atoms with Gasteiger partial charge in [-0.3, -0.25) is 4.79 Å². The Bertz CT molecular complexity index is 1210. The number of alkyl halides is 3. The Hall–Kier alpha value is -3.13. The highest BCUT2D eigenvalue weighted by atomic mass is 32.1. The Balaban J connectivity index is 1.97. The summed E-state index contributed by atoms with van der Waals surface area (Å²) < 4.78 is 51.1. The van der Waals surface area contributed by atoms with Gasteiger partial charge in [-0.25, -0.2) is 4.98 Å². The van der Waals surface area contributed by atoms with Gasteiger partial charge in [0.15, 0.2) is 0 Å². The Labute approximate surface area is 160 Å². The minimum atomic E-state index is -4.86. The van der Waals surface area contributed by atoms with E-state index in [4.69, 9.17) is 9.15 Å². The van der Waals surface area contributed by atoms with Crippen LogP contribution in [0.25, 0.3) is 32.8 Å². The number of hydrogen-bond acceptors (Lipinski definition) is 5. The number of nitrogens with zero attached hydrogens (tertiary/aromatic N) is 1. The maximum Gasteiger partial charge on any atom is 0.450 e. The van der Waals surface area contributed by atoms with Crippen LogP contribution in [0.15, 0.2) is 63.1 Å². The van der Waals surface area contributed by atoms with Crippen molar-refractivity contribution in [2.75, 3.05) is 7.11 Å². The fourth-order valence-electron chi connectivity index (χ4n) is 2.83. The fourth-order valence-corrected chi connectivity index (χ4v) is 3.65. The van der Waals surface area contributed by atoms with Crippen molar-refractivity contribution in [1.29, 1.82) is 0 Å². The number of aromatic nitrogens is 1. The van der Waals surface area contributed by atoms with E-state index in [0.29, 0.717) is 5.01 Å². The normalized spacial score (nSPS) is 11.7. The van der Waals surface area contributed by atoms with E-state index in [0.717, 1.165) is 16.9 Å². The van der Waals surface area contributed by atoms with Crippen LogP contribution < -0.4 is 10.2 Å². The summed E-state index contributed by atoms with van der Waals surface area (Å²) >= 11 is 1.16. The molecule has 0 N–H and O–H groups in total. The third-order valence-corrected chi connectivity index (χ3v) is 5.03. The number of ether oxygens (including phenoxy) is 1. The highest BCUT2D eigenvalue weighted by Gasteiger charge is 2.40. The van der Waals surface area contributed by atoms with Crippen LogP contribution in [-0.4, -0.2) is 12.1 Å². The highest BCUT2D eigenvalue weighted by Crippen LogP contribution is 2.39. The second-order valence-corrected chi connectivity index (χ2v) is 6.76. The quantitative estimate of drug-likeness (QED) is 0.446. The van der Waals surface area contributed by atoms with Gasteiger partial charge < -0.3 is 9.15 Å². The summed E-state index contributed by atoms with van der Waals surface area (Å²) in [6.07, 6.45) is -4.86. The summed E-state index contributed by atoms with van der Waals surface area (Å²) in [6.45, 7) is 0. The predicted octanol–water partition coefficient (Wildman–Crippen LogP) is 5.61. The number of thiazole rings is 1. The summed E-state index contributed by atoms with van der Waals surface area (Å²) in [6, 6.07) is 13.1. The third kappa shape index (κ3) is 3.16. The molecule has 0 atom stereocenters. The maximum absolute atomic E-state index is 13.7. The summed E-state index contributed by atoms with van der Waals surface area (Å²) in [5.41, 5.74) is -0.895. The molecule has 4 aromatic rings. The van der Waals surface area contributed by atoms with Crippen molar-refractivity contribution >= 4 is 22.3 Å². The molecule has 2 aromatic heterocycles. The average molecular weight is 403 g/mol. The number of rotatable bonds is 3. The van der Waals surface area contributed by atoms with Crippen molar-refractivity contribution in [3.05, 3.63) is 69.9 Å². The van der Waals surface area contributed by atoms with Crippen molar-refractivity contribution in [3.63, 3.8) is 0 Å². The number of benzene rings is 2. The van der Waals surface area contributed by atoms with Crippen LogP contribution in [-0.2, 0) is 6.18 Å². The van der Waals surface area contributed by atoms with Crippen LogP contribution >= 0.6 is 11.3 Å². The van der Waals surface area contributed by atoms with Crippen LogP contribution in [0.5, 0.6) is 5.75 Å². The first-order valence-corrected chi connectivity index (χ1v) is 9.00. The lowest BCUT2D eigenvalue weighted by molar-refractivity contribution is -0.152. The molecule has 0 aliphatic rings. The van der Waals surface area contributed by atoms with Gasteiger partial charge in [0.05, 0.1) is 23.8 Å². The zero-order valence-electron chi connectivity index (χ0n) is 14.4. The van der Waals surface area contributed by atoms with Crippen LogP contribution in [0.4, 0.5) is 13.2 Å². The van der Waals surface area contributed by atoms with Gasteiger partial charge >= 0.3 is 6.18 Å². The monoisotopic (exact) mass is 403 g/mol. The van der Waals surface area contributed by atoms with E-state index in [-0.39, 0.29) is 22.4 Å². The number of halogens is 3. The van der Waals surface area contributed by atoms with Crippen LogP contribution in [0.1, 0.15) is 5.76 Å². The molecule has 0 saturated carbocycles. The van der Waals surface area contributed by atoms with Gasteiger partial charge in [-0.05, 0) is 12.1 Å². The second kappa shape index (κ2) is 6.79. The van der Waals surface area contributed by atoms with E-state index in [2.05, 4.69) is 4.98 Å². The molecule has 0 bridgehead atoms. The van der Waals surface area contributed by atoms with Gasteiger partial charge in [0.1, 0.15) is 16.3 Å². The minimum Gasteiger partial charge on any atom is -0.497 e. The van der Waals surface area contributed by atoms with Gasteiger partial charge in [-0.2, -0.15) is 13.2 Å². The molecule has 0 saturated heterocycles. The molecule has 142 valence electrons. The van der Waals surface area contributed by atoms with Gasteiger partial charge in [-0.1, -0.05) is 30.3 Å².